The molecule has 0 atom stereocenters. The summed E-state index contributed by atoms with van der Waals surface area (Å²) in [6, 6.07) is 15.4. The molecule has 3 rings (SSSR count). The van der Waals surface area contributed by atoms with Gasteiger partial charge in [-0.3, -0.25) is 10.1 Å². The average molecular weight is 458 g/mol. The van der Waals surface area contributed by atoms with E-state index in [4.69, 9.17) is 0 Å². The van der Waals surface area contributed by atoms with Gasteiger partial charge in [-0.15, -0.1) is 0 Å². The van der Waals surface area contributed by atoms with Gasteiger partial charge in [0.25, 0.3) is 5.69 Å². The number of carbonyl (C=O) groups excluding carboxylic acids is 1. The first-order valence-corrected chi connectivity index (χ1v) is 11.2. The fourth-order valence-corrected chi connectivity index (χ4v) is 4.42. The van der Waals surface area contributed by atoms with Gasteiger partial charge in [0.15, 0.2) is 0 Å². The molecule has 3 N–H and O–H groups in total. The number of non-ortho nitro benzene ring substituents is 1. The summed E-state index contributed by atoms with van der Waals surface area (Å²) in [6.07, 6.45) is 0. The van der Waals surface area contributed by atoms with Crippen LogP contribution in [0.1, 0.15) is 0 Å². The van der Waals surface area contributed by atoms with Crippen LogP contribution in [0.5, 0.6) is 0 Å². The number of fused-ring (bicyclic) bond motifs is 1. The van der Waals surface area contributed by atoms with Crippen LogP contribution in [-0.4, -0.2) is 46.6 Å². The van der Waals surface area contributed by atoms with Gasteiger partial charge in [0, 0.05) is 61.5 Å². The van der Waals surface area contributed by atoms with E-state index in [2.05, 4.69) is 15.4 Å². The minimum atomic E-state index is -3.80. The minimum Gasteiger partial charge on any atom is -0.377 e. The summed E-state index contributed by atoms with van der Waals surface area (Å²) in [6.45, 7) is 0.0333. The molecule has 3 aromatic rings. The summed E-state index contributed by atoms with van der Waals surface area (Å²) in [7, 11) is -0.0222. The highest BCUT2D eigenvalue weighted by molar-refractivity contribution is 7.89. The lowest BCUT2D eigenvalue weighted by Crippen LogP contribution is -2.36. The number of carbonyl (C=O) groups is 1. The van der Waals surface area contributed by atoms with Crippen molar-refractivity contribution < 1.29 is 18.1 Å². The van der Waals surface area contributed by atoms with E-state index in [9.17, 15) is 23.3 Å². The number of rotatable bonds is 8. The number of sulfonamides is 1. The molecular weight excluding hydrogens is 434 g/mol. The van der Waals surface area contributed by atoms with Crippen LogP contribution < -0.4 is 20.3 Å². The second-order valence-corrected chi connectivity index (χ2v) is 8.84. The number of benzene rings is 3. The van der Waals surface area contributed by atoms with Gasteiger partial charge in [0.05, 0.1) is 9.82 Å². The van der Waals surface area contributed by atoms with Crippen LogP contribution in [0.2, 0.25) is 0 Å². The molecular formula is C21H23N5O5S. The normalized spacial score (nSPS) is 11.2. The van der Waals surface area contributed by atoms with Crippen molar-refractivity contribution in [3.05, 3.63) is 70.8 Å². The summed E-state index contributed by atoms with van der Waals surface area (Å²) in [5, 5.41) is 17.1. The Hall–Kier alpha value is -3.70. The van der Waals surface area contributed by atoms with Crippen LogP contribution in [0.3, 0.4) is 0 Å². The maximum absolute atomic E-state index is 12.8. The molecule has 0 aromatic heterocycles. The third-order valence-electron chi connectivity index (χ3n) is 4.67. The predicted molar refractivity (Wildman–Crippen MR) is 124 cm³/mol. The molecule has 0 radical (unpaired) electrons. The van der Waals surface area contributed by atoms with Crippen LogP contribution in [0.25, 0.3) is 10.8 Å². The van der Waals surface area contributed by atoms with Gasteiger partial charge < -0.3 is 15.5 Å². The van der Waals surface area contributed by atoms with Crippen molar-refractivity contribution in [2.24, 2.45) is 0 Å². The highest BCUT2D eigenvalue weighted by Crippen LogP contribution is 2.30. The Labute approximate surface area is 185 Å². The highest BCUT2D eigenvalue weighted by atomic mass is 32.2. The zero-order valence-electron chi connectivity index (χ0n) is 17.5. The van der Waals surface area contributed by atoms with Crippen LogP contribution in [0.15, 0.2) is 65.6 Å². The number of anilines is 2. The quantitative estimate of drug-likeness (QED) is 0.271. The van der Waals surface area contributed by atoms with Gasteiger partial charge in [0.1, 0.15) is 0 Å². The third-order valence-corrected chi connectivity index (χ3v) is 6.19. The first-order chi connectivity index (χ1) is 15.2. The Morgan fingerprint density at radius 3 is 2.28 bits per heavy atom. The first kappa shape index (κ1) is 23.0. The van der Waals surface area contributed by atoms with Crippen molar-refractivity contribution in [2.45, 2.75) is 4.90 Å². The van der Waals surface area contributed by atoms with Crippen LogP contribution in [-0.2, 0) is 10.0 Å². The second kappa shape index (κ2) is 9.62. The molecule has 3 aromatic carbocycles. The van der Waals surface area contributed by atoms with Gasteiger partial charge >= 0.3 is 6.03 Å². The Bertz CT molecular complexity index is 1240. The Kier molecular flexibility index (Phi) is 6.91. The maximum atomic E-state index is 12.8. The number of amides is 2. The van der Waals surface area contributed by atoms with Gasteiger partial charge in [-0.1, -0.05) is 24.3 Å². The summed E-state index contributed by atoms with van der Waals surface area (Å²) in [5.74, 6) is 0. The monoisotopic (exact) mass is 457 g/mol. The fraction of sp³-hybridized carbons (Fsp3) is 0.190. The zero-order valence-corrected chi connectivity index (χ0v) is 18.3. The van der Waals surface area contributed by atoms with Crippen LogP contribution in [0, 0.1) is 10.1 Å². The molecule has 10 nitrogen and oxygen atoms in total. The minimum absolute atomic E-state index is 0.0141. The highest BCUT2D eigenvalue weighted by Gasteiger charge is 2.18. The molecule has 2 amide bonds. The SMILES string of the molecule is CN(C)c1cccc2c(S(=O)(=O)NCCNC(=O)Nc3ccc([N+](=O)[O-])cc3)cccc12. The predicted octanol–water partition coefficient (Wildman–Crippen LogP) is 2.91. The van der Waals surface area contributed by atoms with Crippen molar-refractivity contribution in [3.63, 3.8) is 0 Å². The molecule has 0 fully saturated rings. The van der Waals surface area contributed by atoms with Crippen LogP contribution >= 0.6 is 0 Å². The molecule has 0 unspecified atom stereocenters. The first-order valence-electron chi connectivity index (χ1n) is 9.67. The van der Waals surface area contributed by atoms with Gasteiger partial charge in [0.2, 0.25) is 10.0 Å². The maximum Gasteiger partial charge on any atom is 0.319 e. The van der Waals surface area contributed by atoms with Crippen molar-refractivity contribution in [1.82, 2.24) is 10.0 Å². The number of nitrogens with one attached hydrogen (secondary N) is 3. The lowest BCUT2D eigenvalue weighted by atomic mass is 10.1. The molecule has 0 aliphatic carbocycles. The van der Waals surface area contributed by atoms with Gasteiger partial charge in [-0.25, -0.2) is 17.9 Å². The number of nitrogens with zero attached hydrogens (tertiary/aromatic N) is 2. The van der Waals surface area contributed by atoms with E-state index in [0.29, 0.717) is 11.1 Å². The molecule has 0 saturated heterocycles. The van der Waals surface area contributed by atoms with Crippen molar-refractivity contribution in [1.29, 1.82) is 0 Å². The molecule has 168 valence electrons. The van der Waals surface area contributed by atoms with Crippen molar-refractivity contribution >= 4 is 43.9 Å². The standard InChI is InChI=1S/C21H23N5O5S/c1-25(2)19-7-3-6-18-17(19)5-4-8-20(18)32(30,31)23-14-13-22-21(27)24-15-9-11-16(12-10-15)26(28)29/h3-12,23H,13-14H2,1-2H3,(H2,22,24,27). The lowest BCUT2D eigenvalue weighted by molar-refractivity contribution is -0.384. The number of hydrogen-bond acceptors (Lipinski definition) is 6. The Morgan fingerprint density at radius 2 is 1.62 bits per heavy atom. The number of nitro groups is 1. The topological polar surface area (TPSA) is 134 Å². The Balaban J connectivity index is 1.59. The Morgan fingerprint density at radius 1 is 0.969 bits per heavy atom. The molecule has 32 heavy (non-hydrogen) atoms. The van der Waals surface area contributed by atoms with E-state index in [1.807, 2.05) is 31.1 Å². The van der Waals surface area contributed by atoms with E-state index < -0.39 is 21.0 Å². The average Bonchev–Trinajstić information content (AvgIpc) is 2.76. The van der Waals surface area contributed by atoms with Crippen molar-refractivity contribution in [2.75, 3.05) is 37.4 Å². The number of urea groups is 1. The third kappa shape index (κ3) is 5.31. The van der Waals surface area contributed by atoms with Gasteiger partial charge in [-0.2, -0.15) is 0 Å². The lowest BCUT2D eigenvalue weighted by Gasteiger charge is -2.17. The fourth-order valence-electron chi connectivity index (χ4n) is 3.17. The molecule has 0 heterocycles. The van der Waals surface area contributed by atoms with E-state index in [0.717, 1.165) is 11.1 Å². The van der Waals surface area contributed by atoms with E-state index in [1.165, 1.54) is 24.3 Å². The van der Waals surface area contributed by atoms with E-state index in [1.54, 1.807) is 24.3 Å². The second-order valence-electron chi connectivity index (χ2n) is 7.11. The number of hydrogen-bond donors (Lipinski definition) is 3. The number of nitro benzene ring substituents is 1. The largest absolute Gasteiger partial charge is 0.377 e. The molecule has 0 saturated carbocycles. The van der Waals surface area contributed by atoms with E-state index in [-0.39, 0.29) is 23.7 Å². The molecule has 0 aliphatic rings. The summed E-state index contributed by atoms with van der Waals surface area (Å²) >= 11 is 0. The smallest absolute Gasteiger partial charge is 0.319 e. The van der Waals surface area contributed by atoms with Crippen LogP contribution in [0.4, 0.5) is 21.9 Å². The molecule has 0 spiro atoms. The zero-order chi connectivity index (χ0) is 23.3. The van der Waals surface area contributed by atoms with Gasteiger partial charge in [-0.05, 0) is 24.3 Å². The summed E-state index contributed by atoms with van der Waals surface area (Å²) in [5.41, 5.74) is 1.20. The molecule has 0 aliphatic heterocycles. The summed E-state index contributed by atoms with van der Waals surface area (Å²) < 4.78 is 28.2. The summed E-state index contributed by atoms with van der Waals surface area (Å²) in [4.78, 5) is 24.2. The van der Waals surface area contributed by atoms with Crippen molar-refractivity contribution in [3.8, 4) is 0 Å². The van der Waals surface area contributed by atoms with E-state index >= 15 is 0 Å². The molecule has 11 heteroatoms. The molecule has 0 bridgehead atoms.